The summed E-state index contributed by atoms with van der Waals surface area (Å²) in [6.07, 6.45) is 1.28. The number of amides is 3. The molecule has 0 unspecified atom stereocenters. The van der Waals surface area contributed by atoms with Gasteiger partial charge in [0, 0.05) is 50.8 Å². The van der Waals surface area contributed by atoms with Crippen LogP contribution in [0, 0.1) is 5.41 Å². The number of carbonyl (C=O) groups excluding carboxylic acids is 3. The second-order valence-corrected chi connectivity index (χ2v) is 8.03. The molecule has 1 heterocycles. The van der Waals surface area contributed by atoms with Crippen molar-refractivity contribution in [3.05, 3.63) is 29.8 Å². The molecule has 1 aromatic carbocycles. The van der Waals surface area contributed by atoms with Crippen molar-refractivity contribution in [3.63, 3.8) is 0 Å². The van der Waals surface area contributed by atoms with E-state index in [-0.39, 0.29) is 23.1 Å². The van der Waals surface area contributed by atoms with Gasteiger partial charge in [0.25, 0.3) is 5.91 Å². The van der Waals surface area contributed by atoms with Crippen molar-refractivity contribution in [2.45, 2.75) is 40.5 Å². The summed E-state index contributed by atoms with van der Waals surface area (Å²) >= 11 is 0. The molecule has 26 heavy (non-hydrogen) atoms. The number of hydrogen-bond donors (Lipinski definition) is 1. The molecule has 1 aromatic rings. The first-order valence-corrected chi connectivity index (χ1v) is 9.10. The molecule has 1 aliphatic rings. The zero-order chi connectivity index (χ0) is 19.3. The van der Waals surface area contributed by atoms with Crippen LogP contribution in [0.3, 0.4) is 0 Å². The molecule has 0 aromatic heterocycles. The van der Waals surface area contributed by atoms with Crippen LogP contribution in [0.2, 0.25) is 0 Å². The van der Waals surface area contributed by atoms with Gasteiger partial charge in [0.1, 0.15) is 0 Å². The van der Waals surface area contributed by atoms with Gasteiger partial charge in [0.05, 0.1) is 0 Å². The van der Waals surface area contributed by atoms with Crippen molar-refractivity contribution in [1.82, 2.24) is 9.80 Å². The Morgan fingerprint density at radius 3 is 2.35 bits per heavy atom. The van der Waals surface area contributed by atoms with E-state index in [9.17, 15) is 14.4 Å². The number of nitrogens with zero attached hydrogens (tertiary/aromatic N) is 2. The minimum Gasteiger partial charge on any atom is -0.341 e. The Morgan fingerprint density at radius 2 is 1.69 bits per heavy atom. The van der Waals surface area contributed by atoms with Gasteiger partial charge in [0.2, 0.25) is 11.8 Å². The summed E-state index contributed by atoms with van der Waals surface area (Å²) in [6.45, 7) is 10.0. The molecular weight excluding hydrogens is 330 g/mol. The highest BCUT2D eigenvalue weighted by atomic mass is 16.2. The van der Waals surface area contributed by atoms with E-state index < -0.39 is 0 Å². The van der Waals surface area contributed by atoms with E-state index in [0.29, 0.717) is 43.9 Å². The molecule has 6 heteroatoms. The van der Waals surface area contributed by atoms with Crippen LogP contribution in [0.15, 0.2) is 24.3 Å². The first-order chi connectivity index (χ1) is 12.2. The van der Waals surface area contributed by atoms with Crippen LogP contribution >= 0.6 is 0 Å². The first-order valence-electron chi connectivity index (χ1n) is 9.10. The standard InChI is InChI=1S/C20H29N3O3/c1-15(24)21-17-8-5-7-16(13-17)19(26)23-10-6-9-22(11-12-23)18(25)14-20(2,3)4/h5,7-8,13H,6,9-12,14H2,1-4H3,(H,21,24). The largest absolute Gasteiger partial charge is 0.341 e. The molecule has 0 atom stereocenters. The highest BCUT2D eigenvalue weighted by Gasteiger charge is 2.25. The van der Waals surface area contributed by atoms with E-state index in [1.54, 1.807) is 29.2 Å². The minimum absolute atomic E-state index is 0.0386. The lowest BCUT2D eigenvalue weighted by molar-refractivity contribution is -0.133. The Balaban J connectivity index is 2.01. The minimum atomic E-state index is -0.169. The zero-order valence-corrected chi connectivity index (χ0v) is 16.2. The highest BCUT2D eigenvalue weighted by molar-refractivity contribution is 5.96. The maximum absolute atomic E-state index is 12.8. The number of rotatable bonds is 3. The third-order valence-corrected chi connectivity index (χ3v) is 4.25. The fraction of sp³-hybridized carbons (Fsp3) is 0.550. The molecule has 142 valence electrons. The summed E-state index contributed by atoms with van der Waals surface area (Å²) < 4.78 is 0. The predicted molar refractivity (Wildman–Crippen MR) is 102 cm³/mol. The maximum atomic E-state index is 12.8. The number of anilines is 1. The normalized spacial score (nSPS) is 15.4. The van der Waals surface area contributed by atoms with Crippen LogP contribution in [0.5, 0.6) is 0 Å². The third kappa shape index (κ3) is 5.86. The number of nitrogens with one attached hydrogen (secondary N) is 1. The molecule has 3 amide bonds. The Bertz CT molecular complexity index is 679. The summed E-state index contributed by atoms with van der Waals surface area (Å²) in [7, 11) is 0. The van der Waals surface area contributed by atoms with Gasteiger partial charge in [-0.05, 0) is 30.0 Å². The Hall–Kier alpha value is -2.37. The second kappa shape index (κ2) is 8.34. The summed E-state index contributed by atoms with van der Waals surface area (Å²) in [5.41, 5.74) is 1.12. The lowest BCUT2D eigenvalue weighted by atomic mass is 9.91. The molecule has 0 aliphatic carbocycles. The molecule has 1 saturated heterocycles. The van der Waals surface area contributed by atoms with Crippen LogP contribution < -0.4 is 5.32 Å². The topological polar surface area (TPSA) is 69.7 Å². The van der Waals surface area contributed by atoms with Crippen LogP contribution in [0.25, 0.3) is 0 Å². The summed E-state index contributed by atoms with van der Waals surface area (Å²) in [5, 5.41) is 2.70. The average molecular weight is 359 g/mol. The number of carbonyl (C=O) groups is 3. The molecule has 1 N–H and O–H groups in total. The lowest BCUT2D eigenvalue weighted by Gasteiger charge is -2.25. The van der Waals surface area contributed by atoms with Crippen molar-refractivity contribution >= 4 is 23.4 Å². The van der Waals surface area contributed by atoms with Crippen molar-refractivity contribution in [2.75, 3.05) is 31.5 Å². The third-order valence-electron chi connectivity index (χ3n) is 4.25. The smallest absolute Gasteiger partial charge is 0.253 e. The number of benzene rings is 1. The van der Waals surface area contributed by atoms with E-state index >= 15 is 0 Å². The highest BCUT2D eigenvalue weighted by Crippen LogP contribution is 2.21. The molecule has 0 radical (unpaired) electrons. The van der Waals surface area contributed by atoms with E-state index in [2.05, 4.69) is 26.1 Å². The van der Waals surface area contributed by atoms with Gasteiger partial charge >= 0.3 is 0 Å². The van der Waals surface area contributed by atoms with Crippen LogP contribution in [0.4, 0.5) is 5.69 Å². The van der Waals surface area contributed by atoms with Crippen molar-refractivity contribution in [3.8, 4) is 0 Å². The molecule has 6 nitrogen and oxygen atoms in total. The van der Waals surface area contributed by atoms with E-state index in [1.165, 1.54) is 6.92 Å². The van der Waals surface area contributed by atoms with Crippen LogP contribution in [0.1, 0.15) is 50.9 Å². The zero-order valence-electron chi connectivity index (χ0n) is 16.2. The predicted octanol–water partition coefficient (Wildman–Crippen LogP) is 2.76. The van der Waals surface area contributed by atoms with Gasteiger partial charge in [-0.25, -0.2) is 0 Å². The summed E-state index contributed by atoms with van der Waals surface area (Å²) in [5.74, 6) is -0.0841. The van der Waals surface area contributed by atoms with Gasteiger partial charge < -0.3 is 15.1 Å². The van der Waals surface area contributed by atoms with Crippen molar-refractivity contribution in [1.29, 1.82) is 0 Å². The maximum Gasteiger partial charge on any atom is 0.253 e. The van der Waals surface area contributed by atoms with Gasteiger partial charge in [-0.15, -0.1) is 0 Å². The molecule has 1 fully saturated rings. The SMILES string of the molecule is CC(=O)Nc1cccc(C(=O)N2CCCN(C(=O)CC(C)(C)C)CC2)c1. The Labute approximate surface area is 155 Å². The summed E-state index contributed by atoms with van der Waals surface area (Å²) in [4.78, 5) is 40.1. The molecule has 0 bridgehead atoms. The van der Waals surface area contributed by atoms with Crippen LogP contribution in [-0.4, -0.2) is 53.7 Å². The fourth-order valence-electron chi connectivity index (χ4n) is 3.05. The average Bonchev–Trinajstić information content (AvgIpc) is 2.78. The molecule has 0 saturated carbocycles. The van der Waals surface area contributed by atoms with Crippen molar-refractivity contribution < 1.29 is 14.4 Å². The van der Waals surface area contributed by atoms with Crippen molar-refractivity contribution in [2.24, 2.45) is 5.41 Å². The first kappa shape index (κ1) is 19.9. The van der Waals surface area contributed by atoms with Gasteiger partial charge in [-0.3, -0.25) is 14.4 Å². The van der Waals surface area contributed by atoms with E-state index in [4.69, 9.17) is 0 Å². The Morgan fingerprint density at radius 1 is 1.04 bits per heavy atom. The van der Waals surface area contributed by atoms with Gasteiger partial charge in [-0.1, -0.05) is 26.8 Å². The molecule has 2 rings (SSSR count). The molecular formula is C20H29N3O3. The summed E-state index contributed by atoms with van der Waals surface area (Å²) in [6, 6.07) is 6.96. The molecule has 0 spiro atoms. The lowest BCUT2D eigenvalue weighted by Crippen LogP contribution is -2.38. The fourth-order valence-corrected chi connectivity index (χ4v) is 3.05. The quantitative estimate of drug-likeness (QED) is 0.902. The monoisotopic (exact) mass is 359 g/mol. The van der Waals surface area contributed by atoms with Gasteiger partial charge in [-0.2, -0.15) is 0 Å². The Kier molecular flexibility index (Phi) is 6.40. The van der Waals surface area contributed by atoms with E-state index in [1.807, 2.05) is 4.90 Å². The van der Waals surface area contributed by atoms with Gasteiger partial charge in [0.15, 0.2) is 0 Å². The molecule has 1 aliphatic heterocycles. The van der Waals surface area contributed by atoms with Crippen LogP contribution in [-0.2, 0) is 9.59 Å². The van der Waals surface area contributed by atoms with E-state index in [0.717, 1.165) is 6.42 Å². The number of hydrogen-bond acceptors (Lipinski definition) is 3. The second-order valence-electron chi connectivity index (χ2n) is 8.03.